The fraction of sp³-hybridized carbons (Fsp3) is 0.385. The third-order valence-corrected chi connectivity index (χ3v) is 12.3. The van der Waals surface area contributed by atoms with Crippen molar-refractivity contribution in [1.82, 2.24) is 4.57 Å². The molecular formula is C52H65N3+2. The van der Waals surface area contributed by atoms with E-state index in [0.717, 1.165) is 6.42 Å². The molecule has 0 bridgehead atoms. The first kappa shape index (κ1) is 39.9. The van der Waals surface area contributed by atoms with E-state index in [2.05, 4.69) is 226 Å². The lowest BCUT2D eigenvalue weighted by Crippen LogP contribution is -2.50. The van der Waals surface area contributed by atoms with Crippen molar-refractivity contribution in [3.8, 4) is 16.8 Å². The molecule has 0 fully saturated rings. The number of aromatic nitrogens is 3. The topological polar surface area (TPSA) is 12.7 Å². The predicted molar refractivity (Wildman–Crippen MR) is 232 cm³/mol. The summed E-state index contributed by atoms with van der Waals surface area (Å²) in [4.78, 5) is 0. The van der Waals surface area contributed by atoms with Crippen molar-refractivity contribution in [3.05, 3.63) is 172 Å². The van der Waals surface area contributed by atoms with Gasteiger partial charge in [-0.3, -0.25) is 0 Å². The zero-order valence-electron chi connectivity index (χ0n) is 36.2. The van der Waals surface area contributed by atoms with E-state index in [0.29, 0.717) is 11.8 Å². The summed E-state index contributed by atoms with van der Waals surface area (Å²) in [6.07, 6.45) is 5.41. The van der Waals surface area contributed by atoms with E-state index in [4.69, 9.17) is 0 Å². The van der Waals surface area contributed by atoms with Crippen LogP contribution in [0.5, 0.6) is 0 Å². The first-order valence-corrected chi connectivity index (χ1v) is 20.3. The smallest absolute Gasteiger partial charge is 0.236 e. The van der Waals surface area contributed by atoms with Gasteiger partial charge in [0, 0.05) is 23.3 Å². The summed E-state index contributed by atoms with van der Waals surface area (Å²) in [6.45, 7) is 28.2. The lowest BCUT2D eigenvalue weighted by atomic mass is 9.73. The molecule has 0 aliphatic heterocycles. The molecule has 1 unspecified atom stereocenters. The van der Waals surface area contributed by atoms with E-state index in [1.54, 1.807) is 0 Å². The van der Waals surface area contributed by atoms with Crippen LogP contribution in [0.1, 0.15) is 137 Å². The van der Waals surface area contributed by atoms with Crippen LogP contribution in [0.4, 0.5) is 0 Å². The minimum atomic E-state index is -0.400. The third kappa shape index (κ3) is 7.48. The van der Waals surface area contributed by atoms with Gasteiger partial charge in [-0.2, -0.15) is 4.57 Å². The second-order valence-electron chi connectivity index (χ2n) is 18.5. The molecule has 6 rings (SSSR count). The Balaban J connectivity index is 1.66. The molecule has 0 aliphatic carbocycles. The summed E-state index contributed by atoms with van der Waals surface area (Å²) >= 11 is 0. The summed E-state index contributed by atoms with van der Waals surface area (Å²) in [5.41, 5.74) is 15.3. The lowest BCUT2D eigenvalue weighted by Gasteiger charge is -2.32. The van der Waals surface area contributed by atoms with Crippen molar-refractivity contribution in [1.29, 1.82) is 0 Å². The second kappa shape index (κ2) is 15.1. The average Bonchev–Trinajstić information content (AvgIpc) is 3.53. The first-order valence-electron chi connectivity index (χ1n) is 20.3. The van der Waals surface area contributed by atoms with Gasteiger partial charge in [0.1, 0.15) is 30.5 Å². The molecule has 3 nitrogen and oxygen atoms in total. The Labute approximate surface area is 332 Å². The summed E-state index contributed by atoms with van der Waals surface area (Å²) in [5, 5.41) is 0. The zero-order chi connectivity index (χ0) is 40.0. The summed E-state index contributed by atoms with van der Waals surface area (Å²) in [6, 6.07) is 38.7. The molecule has 4 aromatic carbocycles. The van der Waals surface area contributed by atoms with E-state index < -0.39 is 5.41 Å². The van der Waals surface area contributed by atoms with Crippen LogP contribution in [0.2, 0.25) is 0 Å². The average molecular weight is 732 g/mol. The molecule has 286 valence electrons. The Bertz CT molecular complexity index is 2280. The van der Waals surface area contributed by atoms with Crippen LogP contribution in [-0.2, 0) is 36.8 Å². The predicted octanol–water partition coefficient (Wildman–Crippen LogP) is 11.8. The van der Waals surface area contributed by atoms with Crippen molar-refractivity contribution in [2.75, 3.05) is 0 Å². The van der Waals surface area contributed by atoms with E-state index in [9.17, 15) is 0 Å². The fourth-order valence-electron chi connectivity index (χ4n) is 9.13. The van der Waals surface area contributed by atoms with Gasteiger partial charge in [0.25, 0.3) is 5.82 Å². The van der Waals surface area contributed by atoms with E-state index in [1.165, 1.54) is 73.0 Å². The van der Waals surface area contributed by atoms with Gasteiger partial charge in [-0.15, -0.1) is 0 Å². The standard InChI is InChI=1S/C52H65N3/c1-35(2)43-30-40(39-24-16-15-17-25-39)31-44(36(3)4)48(43)55-29-28-53(13)49(55)52(12,46-27-21-19-23-38(46)6)34-42-32-41(50(7,8)9)33-47(54(42)14)51(10,11)45-26-20-18-22-37(45)5/h15-33,35-36H,34H2,1-14H3/q+2. The van der Waals surface area contributed by atoms with Crippen LogP contribution in [0.15, 0.2) is 116 Å². The number of benzene rings is 4. The van der Waals surface area contributed by atoms with Crippen LogP contribution >= 0.6 is 0 Å². The maximum absolute atomic E-state index is 2.55. The van der Waals surface area contributed by atoms with Crippen molar-refractivity contribution in [3.63, 3.8) is 0 Å². The van der Waals surface area contributed by atoms with Gasteiger partial charge in [-0.1, -0.05) is 127 Å². The van der Waals surface area contributed by atoms with Gasteiger partial charge < -0.3 is 0 Å². The highest BCUT2D eigenvalue weighted by Crippen LogP contribution is 2.42. The molecule has 6 aromatic rings. The lowest BCUT2D eigenvalue weighted by molar-refractivity contribution is -0.692. The molecule has 0 spiro atoms. The van der Waals surface area contributed by atoms with Crippen LogP contribution in [0.3, 0.4) is 0 Å². The van der Waals surface area contributed by atoms with E-state index in [-0.39, 0.29) is 10.8 Å². The van der Waals surface area contributed by atoms with Crippen LogP contribution < -0.4 is 9.13 Å². The number of aryl methyl sites for hydroxylation is 3. The molecule has 2 heterocycles. The Morgan fingerprint density at radius 1 is 0.618 bits per heavy atom. The quantitative estimate of drug-likeness (QED) is 0.124. The first-order chi connectivity index (χ1) is 25.9. The Hall–Kier alpha value is -4.76. The second-order valence-corrected chi connectivity index (χ2v) is 18.5. The van der Waals surface area contributed by atoms with Gasteiger partial charge >= 0.3 is 0 Å². The number of hydrogen-bond acceptors (Lipinski definition) is 0. The van der Waals surface area contributed by atoms with Crippen molar-refractivity contribution in [2.24, 2.45) is 14.1 Å². The molecule has 0 saturated carbocycles. The molecule has 1 atom stereocenters. The zero-order valence-corrected chi connectivity index (χ0v) is 36.2. The van der Waals surface area contributed by atoms with Crippen molar-refractivity contribution >= 4 is 0 Å². The van der Waals surface area contributed by atoms with Crippen molar-refractivity contribution in [2.45, 2.75) is 118 Å². The third-order valence-electron chi connectivity index (χ3n) is 12.3. The van der Waals surface area contributed by atoms with Gasteiger partial charge in [0.2, 0.25) is 0 Å². The summed E-state index contributed by atoms with van der Waals surface area (Å²) in [5.74, 6) is 1.93. The Morgan fingerprint density at radius 3 is 1.67 bits per heavy atom. The minimum Gasteiger partial charge on any atom is -0.236 e. The number of rotatable bonds is 10. The van der Waals surface area contributed by atoms with Crippen molar-refractivity contribution < 1.29 is 9.13 Å². The molecular weight excluding hydrogens is 667 g/mol. The van der Waals surface area contributed by atoms with E-state index >= 15 is 0 Å². The SMILES string of the molecule is Cc1ccccc1C(C)(C)c1cc(C(C)(C)C)cc(CC(C)(c2ccccc2C)c2n(-c3c(C(C)C)cc(-c4ccccc4)cc3C(C)C)cc[n+]2C)[n+]1C. The van der Waals surface area contributed by atoms with Crippen LogP contribution in [-0.4, -0.2) is 4.57 Å². The maximum Gasteiger partial charge on any atom is 0.272 e. The summed E-state index contributed by atoms with van der Waals surface area (Å²) < 4.78 is 7.45. The highest BCUT2D eigenvalue weighted by atomic mass is 15.2. The van der Waals surface area contributed by atoms with Gasteiger partial charge in [-0.05, 0) is 103 Å². The molecule has 0 radical (unpaired) electrons. The van der Waals surface area contributed by atoms with Gasteiger partial charge in [0.15, 0.2) is 11.4 Å². The highest BCUT2D eigenvalue weighted by molar-refractivity contribution is 5.70. The molecule has 0 aliphatic rings. The largest absolute Gasteiger partial charge is 0.272 e. The van der Waals surface area contributed by atoms with Crippen LogP contribution in [0, 0.1) is 13.8 Å². The van der Waals surface area contributed by atoms with Gasteiger partial charge in [-0.25, -0.2) is 9.13 Å². The molecule has 2 aromatic heterocycles. The number of imidazole rings is 1. The highest BCUT2D eigenvalue weighted by Gasteiger charge is 2.46. The number of hydrogen-bond donors (Lipinski definition) is 0. The maximum atomic E-state index is 2.55. The molecule has 3 heteroatoms. The molecule has 55 heavy (non-hydrogen) atoms. The monoisotopic (exact) mass is 732 g/mol. The normalized spacial score (nSPS) is 13.5. The molecule has 0 amide bonds. The Morgan fingerprint density at radius 2 is 1.15 bits per heavy atom. The fourth-order valence-corrected chi connectivity index (χ4v) is 9.13. The minimum absolute atomic E-state index is 0.0254. The van der Waals surface area contributed by atoms with E-state index in [1.807, 2.05) is 0 Å². The summed E-state index contributed by atoms with van der Waals surface area (Å²) in [7, 11) is 4.54. The molecule has 0 N–H and O–H groups in total. The molecule has 0 saturated heterocycles. The Kier molecular flexibility index (Phi) is 10.9. The van der Waals surface area contributed by atoms with Gasteiger partial charge in [0.05, 0.1) is 18.9 Å². The number of pyridine rings is 1. The number of nitrogens with zero attached hydrogens (tertiary/aromatic N) is 3. The van der Waals surface area contributed by atoms with Crippen LogP contribution in [0.25, 0.3) is 16.8 Å².